The number of methoxy groups -OCH3 is 1. The molecule has 0 aliphatic carbocycles. The van der Waals surface area contributed by atoms with Crippen LogP contribution in [0.15, 0.2) is 24.3 Å². The van der Waals surface area contributed by atoms with E-state index in [1.165, 1.54) is 5.56 Å². The van der Waals surface area contributed by atoms with Crippen LogP contribution in [0.4, 0.5) is 0 Å². The van der Waals surface area contributed by atoms with Crippen molar-refractivity contribution in [3.63, 3.8) is 0 Å². The molecular weight excluding hydrogens is 286 g/mol. The first-order valence-electron chi connectivity index (χ1n) is 7.61. The zero-order valence-corrected chi connectivity index (χ0v) is 13.7. The van der Waals surface area contributed by atoms with Gasteiger partial charge in [-0.05, 0) is 49.4 Å². The van der Waals surface area contributed by atoms with Gasteiger partial charge in [-0.1, -0.05) is 19.1 Å². The number of benzene rings is 1. The Hall–Kier alpha value is -1.07. The van der Waals surface area contributed by atoms with Crippen LogP contribution in [0.25, 0.3) is 0 Å². The van der Waals surface area contributed by atoms with Crippen LogP contribution >= 0.6 is 0 Å². The lowest BCUT2D eigenvalue weighted by molar-refractivity contribution is 0.379. The third-order valence-electron chi connectivity index (χ3n) is 4.11. The molecule has 0 saturated carbocycles. The Kier molecular flexibility index (Phi) is 5.65. The van der Waals surface area contributed by atoms with Gasteiger partial charge in [-0.15, -0.1) is 0 Å². The Morgan fingerprint density at radius 3 is 2.57 bits per heavy atom. The fourth-order valence-electron chi connectivity index (χ4n) is 2.89. The molecule has 5 heteroatoms. The first-order chi connectivity index (χ1) is 10.0. The normalized spacial score (nSPS) is 22.1. The predicted molar refractivity (Wildman–Crippen MR) is 85.5 cm³/mol. The van der Waals surface area contributed by atoms with Crippen molar-refractivity contribution in [1.29, 1.82) is 0 Å². The second-order valence-electron chi connectivity index (χ2n) is 5.78. The minimum Gasteiger partial charge on any atom is -0.497 e. The SMILES string of the molecule is CCCNC(Cc1ccc(OC)cc1)C1CCS(=O)(=O)C1. The van der Waals surface area contributed by atoms with E-state index in [1.54, 1.807) is 7.11 Å². The molecule has 1 aromatic carbocycles. The van der Waals surface area contributed by atoms with E-state index in [-0.39, 0.29) is 12.0 Å². The Bertz CT molecular complexity index is 539. The summed E-state index contributed by atoms with van der Waals surface area (Å²) in [6, 6.07) is 8.26. The number of nitrogens with one attached hydrogen (secondary N) is 1. The Morgan fingerprint density at radius 1 is 1.33 bits per heavy atom. The average Bonchev–Trinajstić information content (AvgIpc) is 2.84. The molecule has 1 aliphatic heterocycles. The monoisotopic (exact) mass is 311 g/mol. The molecule has 1 N–H and O–H groups in total. The molecular formula is C16H25NO3S. The highest BCUT2D eigenvalue weighted by atomic mass is 32.2. The highest BCUT2D eigenvalue weighted by Gasteiger charge is 2.33. The molecule has 2 rings (SSSR count). The van der Waals surface area contributed by atoms with E-state index in [4.69, 9.17) is 4.74 Å². The zero-order chi connectivity index (χ0) is 15.3. The summed E-state index contributed by atoms with van der Waals surface area (Å²) in [4.78, 5) is 0. The van der Waals surface area contributed by atoms with E-state index in [9.17, 15) is 8.42 Å². The molecule has 4 nitrogen and oxygen atoms in total. The summed E-state index contributed by atoms with van der Waals surface area (Å²) in [5.41, 5.74) is 1.22. The summed E-state index contributed by atoms with van der Waals surface area (Å²) >= 11 is 0. The largest absolute Gasteiger partial charge is 0.497 e. The Balaban J connectivity index is 2.05. The quantitative estimate of drug-likeness (QED) is 0.837. The lowest BCUT2D eigenvalue weighted by atomic mass is 9.93. The summed E-state index contributed by atoms with van der Waals surface area (Å²) < 4.78 is 28.6. The van der Waals surface area contributed by atoms with E-state index in [0.29, 0.717) is 11.5 Å². The van der Waals surface area contributed by atoms with Crippen molar-refractivity contribution < 1.29 is 13.2 Å². The molecule has 1 heterocycles. The van der Waals surface area contributed by atoms with E-state index in [0.717, 1.165) is 31.6 Å². The van der Waals surface area contributed by atoms with Crippen molar-refractivity contribution in [3.8, 4) is 5.75 Å². The molecule has 118 valence electrons. The highest BCUT2D eigenvalue weighted by Crippen LogP contribution is 2.24. The molecule has 0 aromatic heterocycles. The van der Waals surface area contributed by atoms with Crippen LogP contribution in [0, 0.1) is 5.92 Å². The average molecular weight is 311 g/mol. The molecule has 0 spiro atoms. The molecule has 0 amide bonds. The molecule has 2 atom stereocenters. The zero-order valence-electron chi connectivity index (χ0n) is 12.8. The molecule has 1 fully saturated rings. The Morgan fingerprint density at radius 2 is 2.05 bits per heavy atom. The van der Waals surface area contributed by atoms with Crippen molar-refractivity contribution >= 4 is 9.84 Å². The predicted octanol–water partition coefficient (Wildman–Crippen LogP) is 2.04. The van der Waals surface area contributed by atoms with Crippen molar-refractivity contribution in [1.82, 2.24) is 5.32 Å². The fraction of sp³-hybridized carbons (Fsp3) is 0.625. The van der Waals surface area contributed by atoms with Gasteiger partial charge in [0.05, 0.1) is 18.6 Å². The van der Waals surface area contributed by atoms with E-state index in [1.807, 2.05) is 12.1 Å². The van der Waals surface area contributed by atoms with E-state index >= 15 is 0 Å². The number of ether oxygens (including phenoxy) is 1. The molecule has 2 unspecified atom stereocenters. The van der Waals surface area contributed by atoms with Crippen LogP contribution in [0.1, 0.15) is 25.3 Å². The third-order valence-corrected chi connectivity index (χ3v) is 5.90. The van der Waals surface area contributed by atoms with Gasteiger partial charge in [-0.2, -0.15) is 0 Å². The van der Waals surface area contributed by atoms with E-state index in [2.05, 4.69) is 24.4 Å². The van der Waals surface area contributed by atoms with Crippen LogP contribution in [0.3, 0.4) is 0 Å². The number of hydrogen-bond acceptors (Lipinski definition) is 4. The van der Waals surface area contributed by atoms with Crippen molar-refractivity contribution in [2.24, 2.45) is 5.92 Å². The van der Waals surface area contributed by atoms with Gasteiger partial charge >= 0.3 is 0 Å². The molecule has 0 radical (unpaired) electrons. The van der Waals surface area contributed by atoms with Gasteiger partial charge in [0.15, 0.2) is 9.84 Å². The fourth-order valence-corrected chi connectivity index (χ4v) is 4.77. The van der Waals surface area contributed by atoms with Gasteiger partial charge in [-0.25, -0.2) is 8.42 Å². The van der Waals surface area contributed by atoms with Gasteiger partial charge in [-0.3, -0.25) is 0 Å². The number of sulfone groups is 1. The number of rotatable bonds is 7. The van der Waals surface area contributed by atoms with E-state index < -0.39 is 9.84 Å². The second-order valence-corrected chi connectivity index (χ2v) is 8.00. The van der Waals surface area contributed by atoms with Gasteiger partial charge in [0.2, 0.25) is 0 Å². The molecule has 0 bridgehead atoms. The molecule has 1 aliphatic rings. The standard InChI is InChI=1S/C16H25NO3S/c1-3-9-17-16(14-8-10-21(18,19)12-14)11-13-4-6-15(20-2)7-5-13/h4-7,14,16-17H,3,8-12H2,1-2H3. The van der Waals surface area contributed by atoms with Crippen LogP contribution in [0.5, 0.6) is 5.75 Å². The molecule has 21 heavy (non-hydrogen) atoms. The first-order valence-corrected chi connectivity index (χ1v) is 9.43. The number of hydrogen-bond donors (Lipinski definition) is 1. The van der Waals surface area contributed by atoms with Crippen LogP contribution < -0.4 is 10.1 Å². The topological polar surface area (TPSA) is 55.4 Å². The van der Waals surface area contributed by atoms with Crippen LogP contribution in [-0.4, -0.2) is 39.6 Å². The van der Waals surface area contributed by atoms with Gasteiger partial charge < -0.3 is 10.1 Å². The summed E-state index contributed by atoms with van der Waals surface area (Å²) in [6.45, 7) is 3.06. The lowest BCUT2D eigenvalue weighted by Crippen LogP contribution is -2.39. The van der Waals surface area contributed by atoms with Gasteiger partial charge in [0.25, 0.3) is 0 Å². The van der Waals surface area contributed by atoms with Crippen molar-refractivity contribution in [2.75, 3.05) is 25.2 Å². The summed E-state index contributed by atoms with van der Waals surface area (Å²) in [7, 11) is -1.17. The summed E-state index contributed by atoms with van der Waals surface area (Å²) in [5.74, 6) is 1.73. The first kappa shape index (κ1) is 16.3. The minimum absolute atomic E-state index is 0.226. The van der Waals surface area contributed by atoms with Gasteiger partial charge in [0.1, 0.15) is 5.75 Å². The summed E-state index contributed by atoms with van der Waals surface area (Å²) in [5, 5.41) is 3.53. The molecule has 1 aromatic rings. The maximum Gasteiger partial charge on any atom is 0.150 e. The molecule has 1 saturated heterocycles. The minimum atomic E-state index is -2.83. The third kappa shape index (κ3) is 4.71. The lowest BCUT2D eigenvalue weighted by Gasteiger charge is -2.24. The van der Waals surface area contributed by atoms with Crippen molar-refractivity contribution in [3.05, 3.63) is 29.8 Å². The maximum atomic E-state index is 11.7. The maximum absolute atomic E-state index is 11.7. The van der Waals surface area contributed by atoms with Gasteiger partial charge in [0, 0.05) is 6.04 Å². The van der Waals surface area contributed by atoms with Crippen LogP contribution in [0.2, 0.25) is 0 Å². The van der Waals surface area contributed by atoms with Crippen molar-refractivity contribution in [2.45, 2.75) is 32.2 Å². The van der Waals surface area contributed by atoms with Crippen LogP contribution in [-0.2, 0) is 16.3 Å². The highest BCUT2D eigenvalue weighted by molar-refractivity contribution is 7.91. The second kappa shape index (κ2) is 7.27. The summed E-state index contributed by atoms with van der Waals surface area (Å²) in [6.07, 6.45) is 2.70. The Labute approximate surface area is 127 Å². The smallest absolute Gasteiger partial charge is 0.150 e.